The minimum Gasteiger partial charge on any atom is -0.443 e. The zero-order chi connectivity index (χ0) is 13.8. The molecule has 0 amide bonds. The Hall–Kier alpha value is -1.50. The minimum atomic E-state index is -0.645. The van der Waals surface area contributed by atoms with Crippen molar-refractivity contribution in [3.05, 3.63) is 12.4 Å². The molecule has 0 fully saturated rings. The summed E-state index contributed by atoms with van der Waals surface area (Å²) in [6, 6.07) is -0.101. The summed E-state index contributed by atoms with van der Waals surface area (Å²) in [5.41, 5.74) is -0.631. The van der Waals surface area contributed by atoms with E-state index in [1.54, 1.807) is 20.8 Å². The van der Waals surface area contributed by atoms with Crippen LogP contribution in [0.3, 0.4) is 0 Å². The summed E-state index contributed by atoms with van der Waals surface area (Å²) < 4.78 is 11.1. The zero-order valence-corrected chi connectivity index (χ0v) is 11.4. The summed E-state index contributed by atoms with van der Waals surface area (Å²) in [5.74, 6) is -0.132. The van der Waals surface area contributed by atoms with Gasteiger partial charge >= 0.3 is 18.1 Å². The third kappa shape index (κ3) is 4.40. The maximum Gasteiger partial charge on any atom is 0.422 e. The highest BCUT2D eigenvalue weighted by molar-refractivity contribution is 7.80. The number of carbonyl (C=O) groups is 2. The largest absolute Gasteiger partial charge is 0.443 e. The third-order valence-electron chi connectivity index (χ3n) is 1.72. The maximum atomic E-state index is 11.8. The molecular formula is C11H16N2O4S. The van der Waals surface area contributed by atoms with Crippen molar-refractivity contribution < 1.29 is 19.1 Å². The van der Waals surface area contributed by atoms with Gasteiger partial charge < -0.3 is 9.47 Å². The standard InChI is InChI=1S/C11H16N2O4S/c1-11(2,3)17-10(15)13-6-5-12-9(13)16-8(14)4-7-18/h5-6,18H,4,7H2,1-3H3. The third-order valence-corrected chi connectivity index (χ3v) is 1.94. The molecule has 18 heavy (non-hydrogen) atoms. The molecule has 0 saturated heterocycles. The van der Waals surface area contributed by atoms with Gasteiger partial charge in [0.15, 0.2) is 0 Å². The van der Waals surface area contributed by atoms with Crippen molar-refractivity contribution in [2.24, 2.45) is 0 Å². The summed E-state index contributed by atoms with van der Waals surface area (Å²) in [7, 11) is 0. The lowest BCUT2D eigenvalue weighted by molar-refractivity contribution is -0.134. The van der Waals surface area contributed by atoms with Gasteiger partial charge in [-0.05, 0) is 20.8 Å². The average molecular weight is 272 g/mol. The van der Waals surface area contributed by atoms with Gasteiger partial charge in [0, 0.05) is 18.1 Å². The number of nitrogens with zero attached hydrogens (tertiary/aromatic N) is 2. The Kier molecular flexibility index (Phi) is 4.77. The van der Waals surface area contributed by atoms with Crippen LogP contribution < -0.4 is 4.74 Å². The first-order chi connectivity index (χ1) is 8.33. The lowest BCUT2D eigenvalue weighted by atomic mass is 10.2. The first-order valence-electron chi connectivity index (χ1n) is 5.42. The van der Waals surface area contributed by atoms with Crippen LogP contribution in [0.4, 0.5) is 4.79 Å². The zero-order valence-electron chi connectivity index (χ0n) is 10.5. The van der Waals surface area contributed by atoms with E-state index in [0.29, 0.717) is 5.75 Å². The first kappa shape index (κ1) is 14.6. The van der Waals surface area contributed by atoms with Gasteiger partial charge in [0.2, 0.25) is 0 Å². The van der Waals surface area contributed by atoms with Crippen LogP contribution in [-0.4, -0.2) is 33.0 Å². The van der Waals surface area contributed by atoms with Gasteiger partial charge in [0.1, 0.15) is 5.60 Å². The van der Waals surface area contributed by atoms with Gasteiger partial charge in [-0.15, -0.1) is 0 Å². The molecular weight excluding hydrogens is 256 g/mol. The van der Waals surface area contributed by atoms with Crippen molar-refractivity contribution in [1.82, 2.24) is 9.55 Å². The molecule has 1 aromatic rings. The molecule has 0 saturated carbocycles. The highest BCUT2D eigenvalue weighted by atomic mass is 32.1. The molecule has 0 radical (unpaired) electrons. The highest BCUT2D eigenvalue weighted by Crippen LogP contribution is 2.14. The summed E-state index contributed by atoms with van der Waals surface area (Å²) in [4.78, 5) is 26.9. The summed E-state index contributed by atoms with van der Waals surface area (Å²) >= 11 is 3.91. The SMILES string of the molecule is CC(C)(C)OC(=O)n1ccnc1OC(=O)CCS. The van der Waals surface area contributed by atoms with Crippen LogP contribution >= 0.6 is 12.6 Å². The lowest BCUT2D eigenvalue weighted by Gasteiger charge is -2.19. The van der Waals surface area contributed by atoms with Crippen LogP contribution in [0.2, 0.25) is 0 Å². The molecule has 0 aliphatic carbocycles. The molecule has 0 N–H and O–H groups in total. The minimum absolute atomic E-state index is 0.101. The fourth-order valence-electron chi connectivity index (χ4n) is 1.06. The Labute approximate surface area is 111 Å². The van der Waals surface area contributed by atoms with E-state index in [-0.39, 0.29) is 12.4 Å². The quantitative estimate of drug-likeness (QED) is 0.672. The molecule has 0 spiro atoms. The van der Waals surface area contributed by atoms with E-state index in [1.807, 2.05) is 0 Å². The molecule has 0 aromatic carbocycles. The van der Waals surface area contributed by atoms with Crippen molar-refractivity contribution in [2.75, 3.05) is 5.75 Å². The van der Waals surface area contributed by atoms with Gasteiger partial charge in [0.05, 0.1) is 6.42 Å². The fraction of sp³-hybridized carbons (Fsp3) is 0.545. The average Bonchev–Trinajstić information content (AvgIpc) is 2.63. The summed E-state index contributed by atoms with van der Waals surface area (Å²) in [5, 5.41) is 0. The number of imidazole rings is 1. The topological polar surface area (TPSA) is 70.4 Å². The number of aromatic nitrogens is 2. The van der Waals surface area contributed by atoms with Crippen molar-refractivity contribution in [1.29, 1.82) is 0 Å². The van der Waals surface area contributed by atoms with Gasteiger partial charge in [-0.1, -0.05) is 0 Å². The monoisotopic (exact) mass is 272 g/mol. The molecule has 1 aromatic heterocycles. The summed E-state index contributed by atoms with van der Waals surface area (Å²) in [6.07, 6.45) is 2.23. The predicted octanol–water partition coefficient (Wildman–Crippen LogP) is 1.89. The Morgan fingerprint density at radius 3 is 2.67 bits per heavy atom. The number of hydrogen-bond donors (Lipinski definition) is 1. The maximum absolute atomic E-state index is 11.8. The number of rotatable bonds is 3. The molecule has 6 nitrogen and oxygen atoms in total. The molecule has 7 heteroatoms. The van der Waals surface area contributed by atoms with Crippen LogP contribution in [0, 0.1) is 0 Å². The predicted molar refractivity (Wildman–Crippen MR) is 68.0 cm³/mol. The lowest BCUT2D eigenvalue weighted by Crippen LogP contribution is -2.27. The number of carbonyl (C=O) groups excluding carboxylic acids is 2. The van der Waals surface area contributed by atoms with Gasteiger partial charge in [0.25, 0.3) is 0 Å². The van der Waals surface area contributed by atoms with Crippen LogP contribution in [0.25, 0.3) is 0 Å². The number of hydrogen-bond acceptors (Lipinski definition) is 6. The number of ether oxygens (including phenoxy) is 2. The number of thiol groups is 1. The van der Waals surface area contributed by atoms with E-state index in [0.717, 1.165) is 4.57 Å². The second-order valence-corrected chi connectivity index (χ2v) is 4.96. The van der Waals surface area contributed by atoms with E-state index < -0.39 is 17.7 Å². The van der Waals surface area contributed by atoms with Gasteiger partial charge in [-0.2, -0.15) is 12.6 Å². The van der Waals surface area contributed by atoms with E-state index in [9.17, 15) is 9.59 Å². The molecule has 1 rings (SSSR count). The van der Waals surface area contributed by atoms with Crippen molar-refractivity contribution in [3.63, 3.8) is 0 Å². The van der Waals surface area contributed by atoms with E-state index in [2.05, 4.69) is 17.6 Å². The van der Waals surface area contributed by atoms with E-state index in [1.165, 1.54) is 12.4 Å². The van der Waals surface area contributed by atoms with Gasteiger partial charge in [-0.3, -0.25) is 4.79 Å². The number of esters is 1. The van der Waals surface area contributed by atoms with Crippen molar-refractivity contribution in [2.45, 2.75) is 32.8 Å². The second-order valence-electron chi connectivity index (χ2n) is 4.51. The Bertz CT molecular complexity index is 436. The molecule has 1 heterocycles. The normalized spacial score (nSPS) is 11.1. The Morgan fingerprint density at radius 1 is 1.44 bits per heavy atom. The molecule has 100 valence electrons. The van der Waals surface area contributed by atoms with E-state index in [4.69, 9.17) is 9.47 Å². The van der Waals surface area contributed by atoms with Gasteiger partial charge in [-0.25, -0.2) is 14.3 Å². The molecule has 0 bridgehead atoms. The molecule has 0 unspecified atom stereocenters. The Morgan fingerprint density at radius 2 is 2.11 bits per heavy atom. The van der Waals surface area contributed by atoms with E-state index >= 15 is 0 Å². The molecule has 0 aliphatic heterocycles. The summed E-state index contributed by atoms with van der Waals surface area (Å²) in [6.45, 7) is 5.23. The van der Waals surface area contributed by atoms with Crippen molar-refractivity contribution in [3.8, 4) is 6.01 Å². The smallest absolute Gasteiger partial charge is 0.422 e. The first-order valence-corrected chi connectivity index (χ1v) is 6.05. The van der Waals surface area contributed by atoms with Crippen molar-refractivity contribution >= 4 is 24.7 Å². The Balaban J connectivity index is 2.76. The molecule has 0 atom stereocenters. The molecule has 0 aliphatic rings. The second kappa shape index (κ2) is 5.90. The van der Waals surface area contributed by atoms with Crippen LogP contribution in [0.15, 0.2) is 12.4 Å². The van der Waals surface area contributed by atoms with Crippen LogP contribution in [0.5, 0.6) is 6.01 Å². The van der Waals surface area contributed by atoms with Crippen LogP contribution in [-0.2, 0) is 9.53 Å². The fourth-order valence-corrected chi connectivity index (χ4v) is 1.24. The highest BCUT2D eigenvalue weighted by Gasteiger charge is 2.21. The van der Waals surface area contributed by atoms with Crippen LogP contribution in [0.1, 0.15) is 27.2 Å².